The van der Waals surface area contributed by atoms with E-state index < -0.39 is 10.1 Å². The Hall–Kier alpha value is -2.00. The maximum absolute atomic E-state index is 11.5. The van der Waals surface area contributed by atoms with Gasteiger partial charge in [0, 0.05) is 16.5 Å². The quantitative estimate of drug-likeness (QED) is 0.681. The lowest BCUT2D eigenvalue weighted by atomic mass is 10.1. The Morgan fingerprint density at radius 1 is 0.913 bits per heavy atom. The van der Waals surface area contributed by atoms with E-state index >= 15 is 0 Å². The molecule has 0 bridgehead atoms. The monoisotopic (exact) mass is 370 g/mol. The number of aromatic nitrogens is 3. The molecule has 2 N–H and O–H groups in total. The number of hydrogen-bond donors (Lipinski definition) is 2. The van der Waals surface area contributed by atoms with Gasteiger partial charge in [0.2, 0.25) is 16.5 Å². The van der Waals surface area contributed by atoms with Crippen LogP contribution in [0.4, 0.5) is 11.6 Å². The molecule has 7 nitrogen and oxygen atoms in total. The molecule has 0 aliphatic rings. The molecule has 3 aromatic rings. The zero-order chi connectivity index (χ0) is 16.6. The van der Waals surface area contributed by atoms with Crippen molar-refractivity contribution >= 4 is 55.7 Å². The van der Waals surface area contributed by atoms with E-state index in [1.807, 2.05) is 0 Å². The maximum atomic E-state index is 11.5. The maximum Gasteiger partial charge on any atom is 0.295 e. The molecule has 0 aliphatic heterocycles. The Balaban J connectivity index is 2.16. The summed E-state index contributed by atoms with van der Waals surface area (Å²) in [6, 6.07) is 9.43. The van der Waals surface area contributed by atoms with Crippen molar-refractivity contribution < 1.29 is 13.0 Å². The lowest BCUT2D eigenvalue weighted by molar-refractivity contribution is 0.484. The molecule has 0 saturated carbocycles. The molecule has 3 rings (SSSR count). The molecule has 0 aliphatic carbocycles. The molecule has 0 amide bonds. The fraction of sp³-hybridized carbons (Fsp3) is 0. The fourth-order valence-electron chi connectivity index (χ4n) is 2.12. The van der Waals surface area contributed by atoms with E-state index in [9.17, 15) is 13.0 Å². The van der Waals surface area contributed by atoms with Gasteiger partial charge in [-0.3, -0.25) is 4.55 Å². The molecule has 1 aromatic heterocycles. The predicted octanol–water partition coefficient (Wildman–Crippen LogP) is 3.32. The molecule has 10 heteroatoms. The van der Waals surface area contributed by atoms with Crippen molar-refractivity contribution in [2.75, 3.05) is 5.32 Å². The van der Waals surface area contributed by atoms with Crippen LogP contribution >= 0.6 is 23.2 Å². The van der Waals surface area contributed by atoms with Gasteiger partial charge in [-0.25, -0.2) is 0 Å². The zero-order valence-electron chi connectivity index (χ0n) is 11.2. The highest BCUT2D eigenvalue weighted by molar-refractivity contribution is 7.86. The smallest absolute Gasteiger partial charge is 0.295 e. The summed E-state index contributed by atoms with van der Waals surface area (Å²) in [5, 5.41) is 3.65. The second-order valence-electron chi connectivity index (χ2n) is 4.45. The molecule has 0 atom stereocenters. The Kier molecular flexibility index (Phi) is 4.07. The highest BCUT2D eigenvalue weighted by atomic mass is 35.5. The molecular weight excluding hydrogens is 363 g/mol. The predicted molar refractivity (Wildman–Crippen MR) is 86.9 cm³/mol. The number of fused-ring (bicyclic) bond motifs is 1. The normalized spacial score (nSPS) is 11.6. The first-order chi connectivity index (χ1) is 10.8. The standard InChI is InChI=1S/C13H8Cl2N4O3S/c14-11-17-12(15)19-13(18-11)16-9-5-1-4-8-7(9)3-2-6-10(8)23(20,21)22/h1-6H,(H,20,21,22)(H,16,17,18,19). The molecule has 2 aromatic carbocycles. The highest BCUT2D eigenvalue weighted by Crippen LogP contribution is 2.30. The van der Waals surface area contributed by atoms with E-state index in [1.165, 1.54) is 12.1 Å². The lowest BCUT2D eigenvalue weighted by Gasteiger charge is -2.10. The third-order valence-electron chi connectivity index (χ3n) is 2.99. The average molecular weight is 371 g/mol. The van der Waals surface area contributed by atoms with E-state index in [2.05, 4.69) is 20.3 Å². The third kappa shape index (κ3) is 3.35. The van der Waals surface area contributed by atoms with Crippen molar-refractivity contribution in [3.8, 4) is 0 Å². The first-order valence-electron chi connectivity index (χ1n) is 6.18. The summed E-state index contributed by atoms with van der Waals surface area (Å²) >= 11 is 11.4. The van der Waals surface area contributed by atoms with E-state index in [0.717, 1.165) is 0 Å². The molecule has 1 heterocycles. The van der Waals surface area contributed by atoms with E-state index in [0.29, 0.717) is 16.5 Å². The Labute approximate surface area is 141 Å². The summed E-state index contributed by atoms with van der Waals surface area (Å²) in [4.78, 5) is 11.2. The molecule has 0 radical (unpaired) electrons. The summed E-state index contributed by atoms with van der Waals surface area (Å²) in [6.07, 6.45) is 0. The van der Waals surface area contributed by atoms with Gasteiger partial charge in [0.15, 0.2) is 0 Å². The lowest BCUT2D eigenvalue weighted by Crippen LogP contribution is -2.02. The number of hydrogen-bond acceptors (Lipinski definition) is 6. The zero-order valence-corrected chi connectivity index (χ0v) is 13.6. The van der Waals surface area contributed by atoms with E-state index in [1.54, 1.807) is 24.3 Å². The third-order valence-corrected chi connectivity index (χ3v) is 4.24. The second-order valence-corrected chi connectivity index (χ2v) is 6.52. The molecular formula is C13H8Cl2N4O3S. The van der Waals surface area contributed by atoms with Crippen molar-refractivity contribution in [2.24, 2.45) is 0 Å². The van der Waals surface area contributed by atoms with Gasteiger partial charge >= 0.3 is 0 Å². The van der Waals surface area contributed by atoms with Gasteiger partial charge in [-0.05, 0) is 35.3 Å². The van der Waals surface area contributed by atoms with Crippen LogP contribution in [0.25, 0.3) is 10.8 Å². The molecule has 0 spiro atoms. The molecule has 23 heavy (non-hydrogen) atoms. The number of benzene rings is 2. The van der Waals surface area contributed by atoms with Crippen molar-refractivity contribution in [1.29, 1.82) is 0 Å². The number of nitrogens with zero attached hydrogens (tertiary/aromatic N) is 3. The van der Waals surface area contributed by atoms with Gasteiger partial charge in [-0.1, -0.05) is 24.3 Å². The number of rotatable bonds is 3. The Bertz CT molecular complexity index is 991. The fourth-order valence-corrected chi connectivity index (χ4v) is 3.19. The minimum absolute atomic E-state index is 0.0774. The van der Waals surface area contributed by atoms with E-state index in [-0.39, 0.29) is 21.4 Å². The first-order valence-corrected chi connectivity index (χ1v) is 8.37. The molecule has 0 unspecified atom stereocenters. The Morgan fingerprint density at radius 3 is 2.17 bits per heavy atom. The first kappa shape index (κ1) is 15.9. The van der Waals surface area contributed by atoms with Gasteiger partial charge in [0.1, 0.15) is 4.90 Å². The summed E-state index contributed by atoms with van der Waals surface area (Å²) in [7, 11) is -4.34. The minimum Gasteiger partial charge on any atom is -0.323 e. The number of halogens is 2. The van der Waals surface area contributed by atoms with Crippen LogP contribution in [0.15, 0.2) is 41.3 Å². The SMILES string of the molecule is O=S(=O)(O)c1cccc2c(Nc3nc(Cl)nc(Cl)n3)cccc12. The van der Waals surface area contributed by atoms with E-state index in [4.69, 9.17) is 23.2 Å². The Morgan fingerprint density at radius 2 is 1.52 bits per heavy atom. The van der Waals surface area contributed by atoms with Gasteiger partial charge < -0.3 is 5.32 Å². The van der Waals surface area contributed by atoms with Crippen LogP contribution in [-0.4, -0.2) is 27.9 Å². The second kappa shape index (κ2) is 5.89. The van der Waals surface area contributed by atoms with Crippen molar-refractivity contribution in [3.05, 3.63) is 47.0 Å². The largest absolute Gasteiger partial charge is 0.323 e. The van der Waals surface area contributed by atoms with Gasteiger partial charge in [-0.2, -0.15) is 23.4 Å². The van der Waals surface area contributed by atoms with Crippen molar-refractivity contribution in [1.82, 2.24) is 15.0 Å². The van der Waals surface area contributed by atoms with Crippen LogP contribution in [0, 0.1) is 0 Å². The van der Waals surface area contributed by atoms with Crippen LogP contribution in [0.3, 0.4) is 0 Å². The summed E-state index contributed by atoms with van der Waals surface area (Å²) in [5.74, 6) is 0.111. The summed E-state index contributed by atoms with van der Waals surface area (Å²) in [5.41, 5.74) is 0.520. The van der Waals surface area contributed by atoms with Crippen LogP contribution in [0.1, 0.15) is 0 Å². The summed E-state index contributed by atoms with van der Waals surface area (Å²) < 4.78 is 32.3. The summed E-state index contributed by atoms with van der Waals surface area (Å²) in [6.45, 7) is 0. The average Bonchev–Trinajstić information content (AvgIpc) is 2.45. The van der Waals surface area contributed by atoms with Crippen LogP contribution < -0.4 is 5.32 Å². The molecule has 0 fully saturated rings. The molecule has 0 saturated heterocycles. The van der Waals surface area contributed by atoms with Crippen LogP contribution in [-0.2, 0) is 10.1 Å². The van der Waals surface area contributed by atoms with Crippen LogP contribution in [0.2, 0.25) is 10.6 Å². The van der Waals surface area contributed by atoms with Gasteiger partial charge in [-0.15, -0.1) is 0 Å². The van der Waals surface area contributed by atoms with Crippen molar-refractivity contribution in [2.45, 2.75) is 4.90 Å². The minimum atomic E-state index is -4.34. The highest BCUT2D eigenvalue weighted by Gasteiger charge is 2.15. The van der Waals surface area contributed by atoms with Crippen LogP contribution in [0.5, 0.6) is 0 Å². The number of nitrogens with one attached hydrogen (secondary N) is 1. The molecule has 118 valence electrons. The van der Waals surface area contributed by atoms with Crippen molar-refractivity contribution in [3.63, 3.8) is 0 Å². The van der Waals surface area contributed by atoms with Gasteiger partial charge in [0.05, 0.1) is 0 Å². The van der Waals surface area contributed by atoms with Gasteiger partial charge in [0.25, 0.3) is 10.1 Å². The number of anilines is 2. The topological polar surface area (TPSA) is 105 Å².